The van der Waals surface area contributed by atoms with E-state index in [9.17, 15) is 0 Å². The first-order valence-corrected chi connectivity index (χ1v) is 22.2. The van der Waals surface area contributed by atoms with Gasteiger partial charge in [0, 0.05) is 34.2 Å². The molecule has 2 aliphatic carbocycles. The smallest absolute Gasteiger partial charge is 0.165 e. The number of allylic oxidation sites excluding steroid dienone is 5. The Hall–Kier alpha value is -4.23. The molecule has 2 aromatic heterocycles. The summed E-state index contributed by atoms with van der Waals surface area (Å²) in [6, 6.07) is 28.7. The van der Waals surface area contributed by atoms with E-state index in [1.807, 2.05) is 6.20 Å². The highest BCUT2D eigenvalue weighted by Gasteiger charge is 2.50. The molecule has 58 heavy (non-hydrogen) atoms. The van der Waals surface area contributed by atoms with Crippen LogP contribution in [-0.2, 0) is 14.3 Å². The predicted octanol–water partition coefficient (Wildman–Crippen LogP) is 14.7. The van der Waals surface area contributed by atoms with Crippen LogP contribution in [-0.4, -0.2) is 19.9 Å². The molecule has 2 heterocycles. The molecular weight excluding hydrogens is 820 g/mol. The first kappa shape index (κ1) is 41.9. The number of nitrogens with zero attached hydrogens (tertiary/aromatic N) is 4. The lowest BCUT2D eigenvalue weighted by atomic mass is 9.56. The molecule has 3 aromatic carbocycles. The van der Waals surface area contributed by atoms with Gasteiger partial charge < -0.3 is 0 Å². The third-order valence-corrected chi connectivity index (χ3v) is 14.9. The minimum absolute atomic E-state index is 0.0237. The van der Waals surface area contributed by atoms with E-state index in [0.29, 0.717) is 23.4 Å². The lowest BCUT2D eigenvalue weighted by Gasteiger charge is -2.48. The van der Waals surface area contributed by atoms with E-state index < -0.39 is 0 Å². The lowest BCUT2D eigenvalue weighted by Crippen LogP contribution is -2.38. The van der Waals surface area contributed by atoms with Gasteiger partial charge in [-0.3, -0.25) is 4.98 Å². The maximum Gasteiger partial charge on any atom is 0.165 e. The molecule has 0 spiro atoms. The molecule has 7 rings (SSSR count). The van der Waals surface area contributed by atoms with Crippen LogP contribution in [0.15, 0.2) is 109 Å². The second-order valence-corrected chi connectivity index (χ2v) is 21.8. The van der Waals surface area contributed by atoms with Gasteiger partial charge in [-0.15, -0.1) is 6.58 Å². The highest BCUT2D eigenvalue weighted by Crippen LogP contribution is 2.63. The number of aromatic nitrogens is 4. The quantitative estimate of drug-likeness (QED) is 0.0841. The average Bonchev–Trinajstić information content (AvgIpc) is 3.41. The van der Waals surface area contributed by atoms with Gasteiger partial charge in [0.15, 0.2) is 17.5 Å². The van der Waals surface area contributed by atoms with Crippen molar-refractivity contribution in [2.24, 2.45) is 16.7 Å². The molecule has 0 aliphatic heterocycles. The number of aryl methyl sites for hydroxylation is 1. The van der Waals surface area contributed by atoms with Crippen molar-refractivity contribution in [2.75, 3.05) is 0 Å². The lowest BCUT2D eigenvalue weighted by molar-refractivity contribution is 0.155. The van der Waals surface area contributed by atoms with Crippen LogP contribution in [0, 0.1) is 23.7 Å². The van der Waals surface area contributed by atoms with Crippen molar-refractivity contribution >= 4 is 33.7 Å². The van der Waals surface area contributed by atoms with Crippen LogP contribution in [0.1, 0.15) is 129 Å². The molecule has 0 saturated heterocycles. The maximum atomic E-state index is 5.30. The van der Waals surface area contributed by atoms with Gasteiger partial charge in [0.1, 0.15) is 0 Å². The number of fused-ring (bicyclic) bond motifs is 3. The Kier molecular flexibility index (Phi) is 10.9. The molecule has 3 atom stereocenters. The molecule has 0 saturated carbocycles. The van der Waals surface area contributed by atoms with Gasteiger partial charge in [-0.1, -0.05) is 176 Å². The topological polar surface area (TPSA) is 51.6 Å². The van der Waals surface area contributed by atoms with Gasteiger partial charge in [-0.25, -0.2) is 15.0 Å². The Bertz CT molecular complexity index is 2340. The third-order valence-electron chi connectivity index (χ3n) is 13.5. The minimum Gasteiger partial charge on any atom is -0.256 e. The van der Waals surface area contributed by atoms with Crippen molar-refractivity contribution in [1.82, 2.24) is 19.9 Å². The van der Waals surface area contributed by atoms with Crippen molar-refractivity contribution in [3.05, 3.63) is 143 Å². The summed E-state index contributed by atoms with van der Waals surface area (Å²) in [7, 11) is 0. The monoisotopic (exact) mass is 880 g/mol. The van der Waals surface area contributed by atoms with Crippen LogP contribution in [0.3, 0.4) is 0 Å². The molecule has 0 radical (unpaired) electrons. The number of hydrogen-bond donors (Lipinski definition) is 0. The van der Waals surface area contributed by atoms with Gasteiger partial charge in [-0.05, 0) is 100 Å². The predicted molar refractivity (Wildman–Crippen MR) is 254 cm³/mol. The molecule has 300 valence electrons. The molecule has 2 aliphatic rings. The van der Waals surface area contributed by atoms with Crippen LogP contribution in [0.2, 0.25) is 0 Å². The largest absolute Gasteiger partial charge is 0.256 e. The number of alkyl halides is 1. The maximum absolute atomic E-state index is 5.30. The highest BCUT2D eigenvalue weighted by atomic mass is 127. The van der Waals surface area contributed by atoms with E-state index in [0.717, 1.165) is 41.6 Å². The summed E-state index contributed by atoms with van der Waals surface area (Å²) in [6.07, 6.45) is 9.64. The van der Waals surface area contributed by atoms with Gasteiger partial charge >= 0.3 is 0 Å². The van der Waals surface area contributed by atoms with Crippen LogP contribution in [0.5, 0.6) is 0 Å². The van der Waals surface area contributed by atoms with E-state index in [1.165, 1.54) is 44.5 Å². The summed E-state index contributed by atoms with van der Waals surface area (Å²) in [5, 5.41) is 0. The first-order chi connectivity index (χ1) is 27.2. The SMILES string of the molecule is C=CC(CC)(C1=C(c2ccc(-c3nc(-c4ccc(C(C)(C)C)cc4)nc(-c4ccc(C(C)(C)C)cc4)n3)cn2)CC2C(=C1)c1ccc(C)cc1C2(C)I)C(C)(C)CC. The molecule has 0 amide bonds. The summed E-state index contributed by atoms with van der Waals surface area (Å²) in [5.74, 6) is 2.24. The van der Waals surface area contributed by atoms with E-state index in [-0.39, 0.29) is 25.1 Å². The minimum atomic E-state index is -0.242. The van der Waals surface area contributed by atoms with Crippen LogP contribution >= 0.6 is 22.6 Å². The van der Waals surface area contributed by atoms with Gasteiger partial charge in [-0.2, -0.15) is 0 Å². The average molecular weight is 881 g/mol. The fourth-order valence-corrected chi connectivity index (χ4v) is 10.2. The van der Waals surface area contributed by atoms with E-state index >= 15 is 0 Å². The molecule has 0 bridgehead atoms. The molecule has 5 aromatic rings. The first-order valence-electron chi connectivity index (χ1n) is 21.1. The standard InChI is InChI=1S/C53H61IN4/c1-14-51(11,12)53(15-2,16-3)44-30-40-39-27-17-33(4)29-42(39)52(13,54)43(40)31-41(44)45-28-22-36(32-55-45)48-57-46(34-18-23-37(24-19-34)49(5,6)7)56-47(58-48)35-20-25-38(26-21-35)50(8,9)10/h15,17-30,32,43H,2,14,16,31H2,1,3-13H3. The zero-order chi connectivity index (χ0) is 42.0. The van der Waals surface area contributed by atoms with E-state index in [4.69, 9.17) is 19.9 Å². The molecule has 0 fully saturated rings. The van der Waals surface area contributed by atoms with Gasteiger partial charge in [0.05, 0.1) is 9.12 Å². The summed E-state index contributed by atoms with van der Waals surface area (Å²) in [6.45, 7) is 32.0. The molecule has 4 nitrogen and oxygen atoms in total. The normalized spacial score (nSPS) is 19.3. The van der Waals surface area contributed by atoms with Crippen molar-refractivity contribution in [1.29, 1.82) is 0 Å². The fraction of sp³-hybridized carbons (Fsp3) is 0.396. The molecular formula is C53H61IN4. The summed E-state index contributed by atoms with van der Waals surface area (Å²) in [4.78, 5) is 20.6. The number of hydrogen-bond acceptors (Lipinski definition) is 4. The number of halogens is 1. The number of benzene rings is 3. The van der Waals surface area contributed by atoms with Crippen LogP contribution in [0.25, 0.3) is 45.3 Å². The Labute approximate surface area is 362 Å². The Balaban J connectivity index is 1.37. The van der Waals surface area contributed by atoms with E-state index in [1.54, 1.807) is 0 Å². The number of pyridine rings is 1. The molecule has 3 unspecified atom stereocenters. The Morgan fingerprint density at radius 3 is 1.69 bits per heavy atom. The van der Waals surface area contributed by atoms with Crippen LogP contribution < -0.4 is 0 Å². The zero-order valence-corrected chi connectivity index (χ0v) is 39.0. The second-order valence-electron chi connectivity index (χ2n) is 19.5. The number of rotatable bonds is 9. The van der Waals surface area contributed by atoms with Gasteiger partial charge in [0.2, 0.25) is 0 Å². The summed E-state index contributed by atoms with van der Waals surface area (Å²) in [5.41, 5.74) is 14.4. The Morgan fingerprint density at radius 2 is 1.24 bits per heavy atom. The van der Waals surface area contributed by atoms with Crippen molar-refractivity contribution in [3.8, 4) is 34.2 Å². The van der Waals surface area contributed by atoms with Crippen molar-refractivity contribution in [2.45, 2.75) is 117 Å². The highest BCUT2D eigenvalue weighted by molar-refractivity contribution is 14.1. The van der Waals surface area contributed by atoms with Crippen molar-refractivity contribution in [3.63, 3.8) is 0 Å². The third kappa shape index (κ3) is 7.35. The molecule has 5 heteroatoms. The van der Waals surface area contributed by atoms with Crippen molar-refractivity contribution < 1.29 is 0 Å². The molecule has 0 N–H and O–H groups in total. The van der Waals surface area contributed by atoms with Crippen LogP contribution in [0.4, 0.5) is 0 Å². The summed E-state index contributed by atoms with van der Waals surface area (Å²) < 4.78 is -0.0428. The van der Waals surface area contributed by atoms with Gasteiger partial charge in [0.25, 0.3) is 0 Å². The fourth-order valence-electron chi connectivity index (χ4n) is 9.25. The summed E-state index contributed by atoms with van der Waals surface area (Å²) >= 11 is 2.72. The zero-order valence-electron chi connectivity index (χ0n) is 36.8. The Morgan fingerprint density at radius 1 is 0.724 bits per heavy atom. The second kappa shape index (κ2) is 15.1. The van der Waals surface area contributed by atoms with E-state index in [2.05, 4.69) is 203 Å².